The molecule has 0 N–H and O–H groups in total. The molecule has 0 atom stereocenters. The highest BCUT2D eigenvalue weighted by molar-refractivity contribution is 6.11. The molecule has 0 bridgehead atoms. The van der Waals surface area contributed by atoms with Crippen molar-refractivity contribution in [3.8, 4) is 33.4 Å². The van der Waals surface area contributed by atoms with Crippen LogP contribution in [0.1, 0.15) is 12.5 Å². The second-order valence-corrected chi connectivity index (χ2v) is 15.4. The Morgan fingerprint density at radius 2 is 0.917 bits per heavy atom. The van der Waals surface area contributed by atoms with Crippen molar-refractivity contribution < 1.29 is 0 Å². The topological polar surface area (TPSA) is 3.24 Å². The fraction of sp³-hybridized carbons (Fsp3) is 0.0169. The minimum Gasteiger partial charge on any atom is -0.311 e. The van der Waals surface area contributed by atoms with Crippen LogP contribution in [0.25, 0.3) is 82.0 Å². The van der Waals surface area contributed by atoms with Crippen LogP contribution in [0.5, 0.6) is 0 Å². The molecule has 10 aromatic carbocycles. The lowest BCUT2D eigenvalue weighted by Gasteiger charge is -2.25. The number of benzene rings is 10. The van der Waals surface area contributed by atoms with Crippen molar-refractivity contribution in [1.82, 2.24) is 0 Å². The maximum atomic E-state index is 4.48. The van der Waals surface area contributed by atoms with E-state index in [0.717, 1.165) is 22.6 Å². The van der Waals surface area contributed by atoms with E-state index < -0.39 is 0 Å². The molecule has 1 heteroatoms. The van der Waals surface area contributed by atoms with Gasteiger partial charge >= 0.3 is 0 Å². The van der Waals surface area contributed by atoms with Gasteiger partial charge in [0.05, 0.1) is 0 Å². The highest BCUT2D eigenvalue weighted by atomic mass is 15.1. The van der Waals surface area contributed by atoms with E-state index in [-0.39, 0.29) is 0 Å². The highest BCUT2D eigenvalue weighted by Crippen LogP contribution is 2.40. The number of fused-ring (bicyclic) bond motifs is 5. The summed E-state index contributed by atoms with van der Waals surface area (Å²) in [7, 11) is 0. The third-order valence-corrected chi connectivity index (χ3v) is 11.7. The van der Waals surface area contributed by atoms with Gasteiger partial charge in [-0.25, -0.2) is 0 Å². The van der Waals surface area contributed by atoms with Gasteiger partial charge in [0.1, 0.15) is 0 Å². The molecule has 0 fully saturated rings. The van der Waals surface area contributed by atoms with Crippen LogP contribution in [-0.4, -0.2) is 0 Å². The lowest BCUT2D eigenvalue weighted by Crippen LogP contribution is -2.14. The fourth-order valence-electron chi connectivity index (χ4n) is 8.71. The molecular formula is C59H43N. The number of hydrogen-bond acceptors (Lipinski definition) is 1. The first kappa shape index (κ1) is 36.6. The van der Waals surface area contributed by atoms with Crippen LogP contribution in [0.3, 0.4) is 0 Å². The monoisotopic (exact) mass is 765 g/mol. The quantitative estimate of drug-likeness (QED) is 0.104. The average Bonchev–Trinajstić information content (AvgIpc) is 3.31. The zero-order chi connectivity index (χ0) is 40.4. The number of nitrogens with zero attached hydrogens (tertiary/aromatic N) is 1. The Hall–Kier alpha value is -7.74. The van der Waals surface area contributed by atoms with Crippen LogP contribution >= 0.6 is 0 Å². The van der Waals surface area contributed by atoms with E-state index in [1.165, 1.54) is 82.0 Å². The summed E-state index contributed by atoms with van der Waals surface area (Å²) < 4.78 is 0. The summed E-state index contributed by atoms with van der Waals surface area (Å²) in [6.07, 6.45) is 6.44. The number of rotatable bonds is 9. The third kappa shape index (κ3) is 6.97. The minimum absolute atomic E-state index is 0.892. The van der Waals surface area contributed by atoms with E-state index in [9.17, 15) is 0 Å². The number of allylic oxidation sites excluding steroid dienone is 4. The molecule has 0 amide bonds. The Morgan fingerprint density at radius 3 is 1.60 bits per heavy atom. The Morgan fingerprint density at radius 1 is 0.400 bits per heavy atom. The van der Waals surface area contributed by atoms with Crippen molar-refractivity contribution in [2.24, 2.45) is 0 Å². The van der Waals surface area contributed by atoms with Crippen LogP contribution in [0, 0.1) is 0 Å². The van der Waals surface area contributed by atoms with Gasteiger partial charge in [0.2, 0.25) is 0 Å². The van der Waals surface area contributed by atoms with Gasteiger partial charge in [0.25, 0.3) is 0 Å². The van der Waals surface area contributed by atoms with Crippen LogP contribution in [0.15, 0.2) is 243 Å². The highest BCUT2D eigenvalue weighted by Gasteiger charge is 2.14. The molecule has 0 heterocycles. The van der Waals surface area contributed by atoms with Gasteiger partial charge in [-0.2, -0.15) is 0 Å². The van der Waals surface area contributed by atoms with E-state index >= 15 is 0 Å². The van der Waals surface area contributed by atoms with Gasteiger partial charge in [-0.1, -0.05) is 183 Å². The lowest BCUT2D eigenvalue weighted by molar-refractivity contribution is 1.22. The second-order valence-electron chi connectivity index (χ2n) is 15.4. The van der Waals surface area contributed by atoms with Crippen molar-refractivity contribution in [1.29, 1.82) is 0 Å². The van der Waals surface area contributed by atoms with E-state index in [1.807, 2.05) is 12.1 Å². The summed E-state index contributed by atoms with van der Waals surface area (Å²) in [5, 5.41) is 9.96. The molecule has 0 saturated carbocycles. The fourth-order valence-corrected chi connectivity index (χ4v) is 8.71. The second kappa shape index (κ2) is 15.9. The van der Waals surface area contributed by atoms with Crippen LogP contribution in [0.2, 0.25) is 0 Å². The van der Waals surface area contributed by atoms with Crippen molar-refractivity contribution in [2.75, 3.05) is 4.90 Å². The third-order valence-electron chi connectivity index (χ3n) is 11.7. The molecule has 0 saturated heterocycles. The standard InChI is InChI=1S/C59H43N/c1-3-42(24-23-41(2)60(53-18-9-5-10-19-53)54-20-11-6-12-21-54)45-25-26-47-38-48(28-27-46(47)37-45)49-32-34-55-50(39-49)29-30-51-40-52(33-35-56(51)55)58-36-31-43-15-13-14-22-57(43)59(58)44-16-7-4-8-17-44/h3-40H,2H2,1H3/b24-23-,42-3+. The Balaban J connectivity index is 0.924. The number of para-hydroxylation sites is 2. The number of anilines is 2. The predicted octanol–water partition coefficient (Wildman–Crippen LogP) is 16.6. The van der Waals surface area contributed by atoms with Crippen molar-refractivity contribution >= 4 is 60.0 Å². The largest absolute Gasteiger partial charge is 0.311 e. The molecule has 0 unspecified atom stereocenters. The summed E-state index contributed by atoms with van der Waals surface area (Å²) in [4.78, 5) is 2.19. The summed E-state index contributed by atoms with van der Waals surface area (Å²) in [6.45, 7) is 6.57. The van der Waals surface area contributed by atoms with E-state index in [4.69, 9.17) is 0 Å². The Bertz CT molecular complexity index is 3230. The first-order chi connectivity index (χ1) is 29.6. The zero-order valence-electron chi connectivity index (χ0n) is 33.6. The molecule has 0 spiro atoms. The van der Waals surface area contributed by atoms with Gasteiger partial charge in [-0.15, -0.1) is 0 Å². The van der Waals surface area contributed by atoms with Crippen molar-refractivity contribution in [2.45, 2.75) is 6.92 Å². The van der Waals surface area contributed by atoms with E-state index in [0.29, 0.717) is 0 Å². The molecule has 1 nitrogen and oxygen atoms in total. The molecule has 284 valence electrons. The van der Waals surface area contributed by atoms with Gasteiger partial charge in [0, 0.05) is 17.1 Å². The molecule has 0 aliphatic carbocycles. The maximum absolute atomic E-state index is 4.48. The van der Waals surface area contributed by atoms with Crippen LogP contribution in [-0.2, 0) is 0 Å². The Labute approximate surface area is 352 Å². The molecule has 10 rings (SSSR count). The summed E-state index contributed by atoms with van der Waals surface area (Å²) in [6, 6.07) is 76.7. The molecule has 10 aromatic rings. The molecule has 0 radical (unpaired) electrons. The van der Waals surface area contributed by atoms with Crippen LogP contribution < -0.4 is 4.90 Å². The predicted molar refractivity (Wildman–Crippen MR) is 260 cm³/mol. The zero-order valence-corrected chi connectivity index (χ0v) is 33.6. The van der Waals surface area contributed by atoms with Gasteiger partial charge < -0.3 is 4.90 Å². The molecule has 0 aliphatic heterocycles. The molecule has 0 aliphatic rings. The van der Waals surface area contributed by atoms with Crippen molar-refractivity contribution in [3.63, 3.8) is 0 Å². The normalized spacial score (nSPS) is 11.8. The first-order valence-corrected chi connectivity index (χ1v) is 20.6. The van der Waals surface area contributed by atoms with Crippen molar-refractivity contribution in [3.05, 3.63) is 248 Å². The number of hydrogen-bond donors (Lipinski definition) is 0. The van der Waals surface area contributed by atoms with Gasteiger partial charge in [-0.05, 0) is 149 Å². The van der Waals surface area contributed by atoms with E-state index in [1.54, 1.807) is 0 Å². The SMILES string of the molecule is C=C(/C=C\C(=C/C)c1ccc2cc(-c3ccc4c(ccc5cc(-c6ccc7ccccc7c6-c6ccccc6)ccc54)c3)ccc2c1)N(c1ccccc1)c1ccccc1. The smallest absolute Gasteiger partial charge is 0.0461 e. The first-order valence-electron chi connectivity index (χ1n) is 20.6. The summed E-state index contributed by atoms with van der Waals surface area (Å²) in [5.41, 5.74) is 12.8. The summed E-state index contributed by atoms with van der Waals surface area (Å²) in [5.74, 6) is 0. The maximum Gasteiger partial charge on any atom is 0.0461 e. The average molecular weight is 766 g/mol. The minimum atomic E-state index is 0.892. The summed E-state index contributed by atoms with van der Waals surface area (Å²) >= 11 is 0. The van der Waals surface area contributed by atoms with E-state index in [2.05, 4.69) is 237 Å². The molecule has 60 heavy (non-hydrogen) atoms. The molecule has 0 aromatic heterocycles. The van der Waals surface area contributed by atoms with Gasteiger partial charge in [-0.3, -0.25) is 0 Å². The Kier molecular flexibility index (Phi) is 9.69. The lowest BCUT2D eigenvalue weighted by atomic mass is 9.88. The molecular weight excluding hydrogens is 723 g/mol. The van der Waals surface area contributed by atoms with Gasteiger partial charge in [0.15, 0.2) is 0 Å². The van der Waals surface area contributed by atoms with Crippen LogP contribution in [0.4, 0.5) is 11.4 Å².